The molecule has 7 heteroatoms. The number of aromatic amines is 1. The van der Waals surface area contributed by atoms with Crippen LogP contribution in [0.1, 0.15) is 0 Å². The van der Waals surface area contributed by atoms with Crippen LogP contribution in [0.4, 0.5) is 23.3 Å². The summed E-state index contributed by atoms with van der Waals surface area (Å²) in [5.74, 6) is 2.72. The molecule has 7 nitrogen and oxygen atoms in total. The monoisotopic (exact) mass is 329 g/mol. The van der Waals surface area contributed by atoms with E-state index in [1.807, 2.05) is 54.6 Å². The van der Waals surface area contributed by atoms with Crippen molar-refractivity contribution in [3.8, 4) is 0 Å². The third-order valence-corrected chi connectivity index (χ3v) is 3.58. The van der Waals surface area contributed by atoms with Gasteiger partial charge in [0.2, 0.25) is 0 Å². The Morgan fingerprint density at radius 2 is 1.48 bits per heavy atom. The predicted molar refractivity (Wildman–Crippen MR) is 98.2 cm³/mol. The molecule has 0 atom stereocenters. The number of H-pyrrole nitrogens is 1. The summed E-state index contributed by atoms with van der Waals surface area (Å²) in [5, 5.41) is 10.5. The summed E-state index contributed by atoms with van der Waals surface area (Å²) in [6.07, 6.45) is 3.41. The Hall–Kier alpha value is -3.74. The lowest BCUT2D eigenvalue weighted by atomic mass is 10.2. The highest BCUT2D eigenvalue weighted by Gasteiger charge is 2.09. The van der Waals surface area contributed by atoms with Crippen molar-refractivity contribution in [1.82, 2.24) is 15.0 Å². The highest BCUT2D eigenvalue weighted by Crippen LogP contribution is 2.32. The van der Waals surface area contributed by atoms with Crippen molar-refractivity contribution in [3.63, 3.8) is 0 Å². The van der Waals surface area contributed by atoms with E-state index in [0.717, 1.165) is 22.4 Å². The Balaban J connectivity index is 1.63. The number of anilines is 2. The van der Waals surface area contributed by atoms with Gasteiger partial charge in [0, 0.05) is 23.2 Å². The number of hydrogen-bond donors (Lipinski definition) is 3. The van der Waals surface area contributed by atoms with Gasteiger partial charge in [-0.1, -0.05) is 36.4 Å². The molecule has 3 heterocycles. The summed E-state index contributed by atoms with van der Waals surface area (Å²) in [4.78, 5) is 11.6. The fraction of sp³-hybridized carbons (Fsp3) is 0. The van der Waals surface area contributed by atoms with Crippen molar-refractivity contribution in [2.45, 2.75) is 0 Å². The summed E-state index contributed by atoms with van der Waals surface area (Å²) in [6, 6.07) is 19.1. The van der Waals surface area contributed by atoms with Gasteiger partial charge in [0.1, 0.15) is 11.6 Å². The van der Waals surface area contributed by atoms with E-state index in [1.54, 1.807) is 18.5 Å². The second-order valence-electron chi connectivity index (χ2n) is 5.25. The summed E-state index contributed by atoms with van der Waals surface area (Å²) in [7, 11) is 0. The normalized spacial score (nSPS) is 11.0. The first-order chi connectivity index (χ1) is 12.4. The molecule has 0 amide bonds. The van der Waals surface area contributed by atoms with Crippen molar-refractivity contribution in [2.75, 3.05) is 10.9 Å². The maximum Gasteiger partial charge on any atom is 0.174 e. The van der Waals surface area contributed by atoms with Crippen molar-refractivity contribution >= 4 is 34.0 Å². The second-order valence-corrected chi connectivity index (χ2v) is 5.25. The average Bonchev–Trinajstić information content (AvgIpc) is 3.04. The molecule has 1 aromatic carbocycles. The molecule has 122 valence electrons. The van der Waals surface area contributed by atoms with E-state index in [4.69, 9.17) is 0 Å². The summed E-state index contributed by atoms with van der Waals surface area (Å²) in [6.45, 7) is 0. The Bertz CT molecular complexity index is 994. The van der Waals surface area contributed by atoms with Gasteiger partial charge in [0.25, 0.3) is 0 Å². The second kappa shape index (κ2) is 6.79. The van der Waals surface area contributed by atoms with Crippen molar-refractivity contribution in [2.24, 2.45) is 10.2 Å². The predicted octanol–water partition coefficient (Wildman–Crippen LogP) is 4.81. The molecule has 0 unspecified atom stereocenters. The lowest BCUT2D eigenvalue weighted by Gasteiger charge is -2.07. The molecule has 0 fully saturated rings. The van der Waals surface area contributed by atoms with Crippen LogP contribution in [0, 0.1) is 0 Å². The third-order valence-electron chi connectivity index (χ3n) is 3.58. The number of hydrazine groups is 1. The summed E-state index contributed by atoms with van der Waals surface area (Å²) >= 11 is 0. The maximum atomic E-state index is 4.30. The van der Waals surface area contributed by atoms with Gasteiger partial charge < -0.3 is 4.98 Å². The quantitative estimate of drug-likeness (QED) is 0.362. The molecule has 4 rings (SSSR count). The van der Waals surface area contributed by atoms with Gasteiger partial charge in [-0.3, -0.25) is 10.9 Å². The summed E-state index contributed by atoms with van der Waals surface area (Å²) < 4.78 is 0. The Kier molecular flexibility index (Phi) is 4.03. The molecule has 4 aromatic rings. The molecule has 0 aliphatic heterocycles. The first-order valence-corrected chi connectivity index (χ1v) is 7.77. The van der Waals surface area contributed by atoms with Crippen molar-refractivity contribution in [3.05, 3.63) is 73.1 Å². The minimum atomic E-state index is 0.558. The summed E-state index contributed by atoms with van der Waals surface area (Å²) in [5.41, 5.74) is 6.20. The van der Waals surface area contributed by atoms with Crippen LogP contribution in [-0.4, -0.2) is 15.0 Å². The number of hydrogen-bond acceptors (Lipinski definition) is 6. The highest BCUT2D eigenvalue weighted by molar-refractivity contribution is 6.00. The number of benzene rings is 1. The topological polar surface area (TPSA) is 90.3 Å². The van der Waals surface area contributed by atoms with Crippen LogP contribution in [0.2, 0.25) is 0 Å². The smallest absolute Gasteiger partial charge is 0.174 e. The van der Waals surface area contributed by atoms with Gasteiger partial charge in [0.05, 0.1) is 0 Å². The van der Waals surface area contributed by atoms with Gasteiger partial charge in [-0.05, 0) is 24.3 Å². The van der Waals surface area contributed by atoms with E-state index in [1.165, 1.54) is 0 Å². The Morgan fingerprint density at radius 3 is 2.24 bits per heavy atom. The molecule has 0 spiro atoms. The van der Waals surface area contributed by atoms with Gasteiger partial charge >= 0.3 is 0 Å². The number of pyridine rings is 2. The van der Waals surface area contributed by atoms with Gasteiger partial charge in [-0.2, -0.15) is 0 Å². The van der Waals surface area contributed by atoms with Crippen LogP contribution in [0.5, 0.6) is 0 Å². The van der Waals surface area contributed by atoms with Gasteiger partial charge in [-0.25, -0.2) is 9.97 Å². The van der Waals surface area contributed by atoms with Crippen LogP contribution < -0.4 is 10.9 Å². The van der Waals surface area contributed by atoms with E-state index >= 15 is 0 Å². The molecule has 3 N–H and O–H groups in total. The van der Waals surface area contributed by atoms with E-state index in [9.17, 15) is 0 Å². The van der Waals surface area contributed by atoms with Crippen LogP contribution in [0.25, 0.3) is 10.8 Å². The molecule has 0 bridgehead atoms. The SMILES string of the molecule is c1ccc(/N=N/c2[nH]c(NNc3ccccn3)c3ccccc23)nc1. The number of rotatable bonds is 5. The molecule has 0 radical (unpaired) electrons. The minimum Gasteiger partial charge on any atom is -0.323 e. The van der Waals surface area contributed by atoms with Crippen LogP contribution in [0.3, 0.4) is 0 Å². The fourth-order valence-electron chi connectivity index (χ4n) is 2.42. The van der Waals surface area contributed by atoms with E-state index in [0.29, 0.717) is 11.6 Å². The van der Waals surface area contributed by atoms with Crippen LogP contribution >= 0.6 is 0 Å². The molecular formula is C18H15N7. The number of azo groups is 1. The average molecular weight is 329 g/mol. The zero-order valence-electron chi connectivity index (χ0n) is 13.2. The lowest BCUT2D eigenvalue weighted by Crippen LogP contribution is -2.09. The first-order valence-electron chi connectivity index (χ1n) is 7.77. The number of nitrogens with zero attached hydrogens (tertiary/aromatic N) is 4. The Morgan fingerprint density at radius 1 is 0.720 bits per heavy atom. The highest BCUT2D eigenvalue weighted by atomic mass is 15.4. The molecule has 0 saturated heterocycles. The standard InChI is InChI=1S/C18H15N7/c1-2-8-14-13(7-1)17(24-22-15-9-3-5-11-19-15)21-18(14)25-23-16-10-4-6-12-20-16/h1-12,21,24H,(H,19,22)/b25-23+. The van der Waals surface area contributed by atoms with Gasteiger partial charge in [-0.15, -0.1) is 10.2 Å². The number of nitrogens with one attached hydrogen (secondary N) is 3. The molecule has 0 aliphatic rings. The van der Waals surface area contributed by atoms with E-state index in [2.05, 4.69) is 36.0 Å². The van der Waals surface area contributed by atoms with Crippen molar-refractivity contribution in [1.29, 1.82) is 0 Å². The van der Waals surface area contributed by atoms with Crippen LogP contribution in [-0.2, 0) is 0 Å². The number of fused-ring (bicyclic) bond motifs is 1. The minimum absolute atomic E-state index is 0.558. The third kappa shape index (κ3) is 3.30. The fourth-order valence-corrected chi connectivity index (χ4v) is 2.42. The van der Waals surface area contributed by atoms with E-state index < -0.39 is 0 Å². The van der Waals surface area contributed by atoms with Gasteiger partial charge in [0.15, 0.2) is 11.6 Å². The lowest BCUT2D eigenvalue weighted by molar-refractivity contribution is 1.13. The number of aromatic nitrogens is 3. The first kappa shape index (κ1) is 14.8. The van der Waals surface area contributed by atoms with Crippen molar-refractivity contribution < 1.29 is 0 Å². The molecule has 0 aliphatic carbocycles. The molecular weight excluding hydrogens is 314 g/mol. The molecule has 3 aromatic heterocycles. The zero-order valence-corrected chi connectivity index (χ0v) is 13.2. The zero-order chi connectivity index (χ0) is 16.9. The van der Waals surface area contributed by atoms with E-state index in [-0.39, 0.29) is 0 Å². The molecule has 0 saturated carbocycles. The molecule has 25 heavy (non-hydrogen) atoms. The Labute approximate surface area is 143 Å². The largest absolute Gasteiger partial charge is 0.323 e. The van der Waals surface area contributed by atoms with Crippen LogP contribution in [0.15, 0.2) is 83.3 Å². The maximum absolute atomic E-state index is 4.30.